The van der Waals surface area contributed by atoms with Crippen LogP contribution < -0.4 is 11.1 Å². The molecule has 0 heterocycles. The van der Waals surface area contributed by atoms with Gasteiger partial charge in [0, 0.05) is 12.0 Å². The quantitative estimate of drug-likeness (QED) is 0.828. The molecule has 19 heavy (non-hydrogen) atoms. The molecule has 0 spiro atoms. The minimum Gasteiger partial charge on any atom is -0.368 e. The number of nitrogens with one attached hydrogen (secondary N) is 1. The second-order valence-corrected chi connectivity index (χ2v) is 4.20. The lowest BCUT2D eigenvalue weighted by Crippen LogP contribution is -2.48. The van der Waals surface area contributed by atoms with Gasteiger partial charge in [-0.05, 0) is 30.2 Å². The van der Waals surface area contributed by atoms with E-state index in [0.29, 0.717) is 0 Å². The number of carbonyl (C=O) groups is 2. The molecule has 3 N–H and O–H groups in total. The van der Waals surface area contributed by atoms with E-state index in [1.807, 2.05) is 6.07 Å². The van der Waals surface area contributed by atoms with E-state index in [4.69, 9.17) is 11.0 Å². The van der Waals surface area contributed by atoms with Crippen LogP contribution in [0.2, 0.25) is 0 Å². The maximum atomic E-state index is 12.7. The van der Waals surface area contributed by atoms with Crippen LogP contribution in [0.1, 0.15) is 23.7 Å². The lowest BCUT2D eigenvalue weighted by molar-refractivity contribution is -0.120. The van der Waals surface area contributed by atoms with Gasteiger partial charge in [0.05, 0.1) is 6.07 Å². The van der Waals surface area contributed by atoms with Gasteiger partial charge in [-0.25, -0.2) is 4.39 Å². The zero-order chi connectivity index (χ0) is 14.4. The fourth-order valence-electron chi connectivity index (χ4n) is 1.58. The Morgan fingerprint density at radius 3 is 2.47 bits per heavy atom. The molecule has 0 saturated heterocycles. The number of benzene rings is 1. The molecule has 0 saturated carbocycles. The van der Waals surface area contributed by atoms with Gasteiger partial charge in [0.25, 0.3) is 5.91 Å². The minimum atomic E-state index is -0.933. The molecule has 0 aliphatic heterocycles. The van der Waals surface area contributed by atoms with Crippen molar-refractivity contribution in [2.45, 2.75) is 19.4 Å². The van der Waals surface area contributed by atoms with Crippen LogP contribution in [0.15, 0.2) is 24.3 Å². The topological polar surface area (TPSA) is 96.0 Å². The number of carbonyl (C=O) groups excluding carboxylic acids is 2. The zero-order valence-corrected chi connectivity index (χ0v) is 10.4. The first-order valence-corrected chi connectivity index (χ1v) is 5.68. The van der Waals surface area contributed by atoms with Crippen molar-refractivity contribution >= 4 is 11.8 Å². The number of rotatable bonds is 5. The summed E-state index contributed by atoms with van der Waals surface area (Å²) in [5, 5.41) is 11.0. The van der Waals surface area contributed by atoms with Gasteiger partial charge in [-0.15, -0.1) is 0 Å². The van der Waals surface area contributed by atoms with Gasteiger partial charge in [-0.2, -0.15) is 5.26 Å². The number of amides is 2. The SMILES string of the molecule is C[C@H](CC#N)[C@@H](NC(=O)c1ccc(F)cc1)C(N)=O. The summed E-state index contributed by atoms with van der Waals surface area (Å²) >= 11 is 0. The largest absolute Gasteiger partial charge is 0.368 e. The Kier molecular flexibility index (Phi) is 5.01. The fourth-order valence-corrected chi connectivity index (χ4v) is 1.58. The van der Waals surface area contributed by atoms with Crippen molar-refractivity contribution in [3.8, 4) is 6.07 Å². The molecule has 0 aliphatic carbocycles. The van der Waals surface area contributed by atoms with Crippen molar-refractivity contribution in [1.82, 2.24) is 5.32 Å². The lowest BCUT2D eigenvalue weighted by Gasteiger charge is -2.20. The Morgan fingerprint density at radius 2 is 2.00 bits per heavy atom. The number of nitrogens with zero attached hydrogens (tertiary/aromatic N) is 1. The zero-order valence-electron chi connectivity index (χ0n) is 10.4. The Bertz CT molecular complexity index is 508. The summed E-state index contributed by atoms with van der Waals surface area (Å²) in [4.78, 5) is 23.1. The molecule has 5 nitrogen and oxygen atoms in total. The van der Waals surface area contributed by atoms with Crippen LogP contribution in [0.4, 0.5) is 4.39 Å². The number of primary amides is 1. The molecule has 0 bridgehead atoms. The normalized spacial score (nSPS) is 13.1. The highest BCUT2D eigenvalue weighted by atomic mass is 19.1. The predicted octanol–water partition coefficient (Wildman–Crippen LogP) is 0.959. The van der Waals surface area contributed by atoms with E-state index in [1.165, 1.54) is 12.1 Å². The van der Waals surface area contributed by atoms with Gasteiger partial charge in [0.1, 0.15) is 11.9 Å². The summed E-state index contributed by atoms with van der Waals surface area (Å²) in [6.45, 7) is 1.64. The average molecular weight is 263 g/mol. The van der Waals surface area contributed by atoms with E-state index in [2.05, 4.69) is 5.32 Å². The first kappa shape index (κ1) is 14.6. The molecule has 0 unspecified atom stereocenters. The molecule has 6 heteroatoms. The van der Waals surface area contributed by atoms with Crippen LogP contribution in [0, 0.1) is 23.1 Å². The van der Waals surface area contributed by atoms with Crippen LogP contribution in [0.3, 0.4) is 0 Å². The molecule has 2 amide bonds. The first-order valence-electron chi connectivity index (χ1n) is 5.68. The van der Waals surface area contributed by atoms with Crippen molar-refractivity contribution in [2.75, 3.05) is 0 Å². The second-order valence-electron chi connectivity index (χ2n) is 4.20. The molecule has 1 rings (SSSR count). The van der Waals surface area contributed by atoms with E-state index >= 15 is 0 Å². The van der Waals surface area contributed by atoms with Crippen molar-refractivity contribution in [3.05, 3.63) is 35.6 Å². The maximum Gasteiger partial charge on any atom is 0.251 e. The fraction of sp³-hybridized carbons (Fsp3) is 0.308. The van der Waals surface area contributed by atoms with E-state index in [0.717, 1.165) is 12.1 Å². The van der Waals surface area contributed by atoms with Crippen LogP contribution in [0.25, 0.3) is 0 Å². The monoisotopic (exact) mass is 263 g/mol. The summed E-state index contributed by atoms with van der Waals surface area (Å²) < 4.78 is 12.7. The number of nitrogens with two attached hydrogens (primary N) is 1. The highest BCUT2D eigenvalue weighted by Gasteiger charge is 2.25. The minimum absolute atomic E-state index is 0.0945. The average Bonchev–Trinajstić information content (AvgIpc) is 2.36. The predicted molar refractivity (Wildman–Crippen MR) is 66.2 cm³/mol. The number of nitriles is 1. The summed E-state index contributed by atoms with van der Waals surface area (Å²) in [7, 11) is 0. The third-order valence-electron chi connectivity index (χ3n) is 2.68. The highest BCUT2D eigenvalue weighted by Crippen LogP contribution is 2.09. The van der Waals surface area contributed by atoms with E-state index in [1.54, 1.807) is 6.92 Å². The molecule has 0 fully saturated rings. The van der Waals surface area contributed by atoms with E-state index in [-0.39, 0.29) is 12.0 Å². The molecule has 0 aromatic heterocycles. The van der Waals surface area contributed by atoms with Crippen LogP contribution >= 0.6 is 0 Å². The van der Waals surface area contributed by atoms with Crippen molar-refractivity contribution < 1.29 is 14.0 Å². The maximum absolute atomic E-state index is 12.7. The van der Waals surface area contributed by atoms with Crippen molar-refractivity contribution in [3.63, 3.8) is 0 Å². The number of halogens is 1. The summed E-state index contributed by atoms with van der Waals surface area (Å²) in [5.74, 6) is -2.10. The molecule has 2 atom stereocenters. The van der Waals surface area contributed by atoms with Gasteiger partial charge < -0.3 is 11.1 Å². The van der Waals surface area contributed by atoms with Crippen LogP contribution in [0.5, 0.6) is 0 Å². The highest BCUT2D eigenvalue weighted by molar-refractivity contribution is 5.97. The van der Waals surface area contributed by atoms with Gasteiger partial charge in [-0.1, -0.05) is 6.92 Å². The third kappa shape index (κ3) is 4.07. The van der Waals surface area contributed by atoms with E-state index < -0.39 is 29.6 Å². The molecule has 1 aromatic carbocycles. The van der Waals surface area contributed by atoms with Crippen molar-refractivity contribution in [1.29, 1.82) is 5.26 Å². The standard InChI is InChI=1S/C13H14FN3O2/c1-8(6-7-15)11(12(16)18)17-13(19)9-2-4-10(14)5-3-9/h2-5,8,11H,6H2,1H3,(H2,16,18)(H,17,19)/t8-,11-/m1/s1. The Hall–Kier alpha value is -2.42. The smallest absolute Gasteiger partial charge is 0.251 e. The molecular formula is C13H14FN3O2. The van der Waals surface area contributed by atoms with Crippen LogP contribution in [-0.4, -0.2) is 17.9 Å². The summed E-state index contributed by atoms with van der Waals surface area (Å²) in [6.07, 6.45) is 0.0945. The first-order chi connectivity index (χ1) is 8.95. The van der Waals surface area contributed by atoms with Gasteiger partial charge in [-0.3, -0.25) is 9.59 Å². The number of hydrogen-bond donors (Lipinski definition) is 2. The van der Waals surface area contributed by atoms with Gasteiger partial charge in [0.15, 0.2) is 0 Å². The summed E-state index contributed by atoms with van der Waals surface area (Å²) in [5.41, 5.74) is 5.41. The second kappa shape index (κ2) is 6.50. The lowest BCUT2D eigenvalue weighted by atomic mass is 9.98. The molecule has 100 valence electrons. The molecular weight excluding hydrogens is 249 g/mol. The molecule has 1 aromatic rings. The third-order valence-corrected chi connectivity index (χ3v) is 2.68. The van der Waals surface area contributed by atoms with E-state index in [9.17, 15) is 14.0 Å². The van der Waals surface area contributed by atoms with Gasteiger partial charge in [0.2, 0.25) is 5.91 Å². The Labute approximate surface area is 110 Å². The number of hydrogen-bond acceptors (Lipinski definition) is 3. The Balaban J connectivity index is 2.80. The molecule has 0 radical (unpaired) electrons. The van der Waals surface area contributed by atoms with Crippen LogP contribution in [-0.2, 0) is 4.79 Å². The van der Waals surface area contributed by atoms with Gasteiger partial charge >= 0.3 is 0 Å². The van der Waals surface area contributed by atoms with Crippen molar-refractivity contribution in [2.24, 2.45) is 11.7 Å². The Morgan fingerprint density at radius 1 is 1.42 bits per heavy atom. The molecule has 0 aliphatic rings. The summed E-state index contributed by atoms with van der Waals surface area (Å²) in [6, 6.07) is 5.88.